The third-order valence-corrected chi connectivity index (χ3v) is 4.30. The van der Waals surface area contributed by atoms with Crippen molar-refractivity contribution in [3.8, 4) is 0 Å². The van der Waals surface area contributed by atoms with Gasteiger partial charge in [-0.2, -0.15) is 0 Å². The summed E-state index contributed by atoms with van der Waals surface area (Å²) in [5.74, 6) is -3.87. The Morgan fingerprint density at radius 2 is 1.82 bits per heavy atom. The Balaban J connectivity index is 1.74. The van der Waals surface area contributed by atoms with Crippen LogP contribution in [0.5, 0.6) is 0 Å². The Labute approximate surface area is 164 Å². The summed E-state index contributed by atoms with van der Waals surface area (Å²) in [6, 6.07) is 11.2. The van der Waals surface area contributed by atoms with E-state index in [0.717, 1.165) is 10.5 Å². The smallest absolute Gasteiger partial charge is 0.335 e. The number of hydrogen-bond donors (Lipinski definition) is 2. The number of carboxylic acids is 1. The number of rotatable bonds is 5. The topological polar surface area (TPSA) is 99.1 Å². The predicted molar refractivity (Wildman–Crippen MR) is 104 cm³/mol. The van der Waals surface area contributed by atoms with Crippen LogP contribution in [0.1, 0.15) is 15.9 Å². The summed E-state index contributed by atoms with van der Waals surface area (Å²) in [6.07, 6.45) is 1.22. The first-order valence-corrected chi connectivity index (χ1v) is 8.54. The first-order chi connectivity index (χ1) is 13.4. The molecule has 1 aliphatic rings. The van der Waals surface area contributed by atoms with Gasteiger partial charge in [0.15, 0.2) is 11.0 Å². The van der Waals surface area contributed by atoms with Crippen molar-refractivity contribution in [2.24, 2.45) is 10.9 Å². The van der Waals surface area contributed by atoms with Crippen molar-refractivity contribution in [1.82, 2.24) is 5.32 Å². The van der Waals surface area contributed by atoms with Gasteiger partial charge in [0.25, 0.3) is 5.91 Å². The number of carbonyl (C=O) groups excluding carboxylic acids is 2. The van der Waals surface area contributed by atoms with Crippen LogP contribution in [0, 0.1) is 11.7 Å². The zero-order valence-electron chi connectivity index (χ0n) is 14.3. The van der Waals surface area contributed by atoms with E-state index in [0.29, 0.717) is 5.69 Å². The fourth-order valence-electron chi connectivity index (χ4n) is 2.57. The van der Waals surface area contributed by atoms with Crippen LogP contribution in [0.4, 0.5) is 10.1 Å². The standard InChI is InChI=1S/C19H14FN3O4S/c20-13-5-7-14(8-6-13)23-17(25)15(16(24)22-19(23)28)10-21-9-11-1-3-12(4-2-11)18(26)27/h1-8,10,15H,9H2,(H,26,27)(H,22,24,28). The first-order valence-electron chi connectivity index (χ1n) is 8.13. The van der Waals surface area contributed by atoms with Gasteiger partial charge in [0, 0.05) is 6.21 Å². The molecule has 0 aromatic heterocycles. The van der Waals surface area contributed by atoms with Crippen LogP contribution < -0.4 is 10.2 Å². The average Bonchev–Trinajstić information content (AvgIpc) is 2.66. The number of aromatic carboxylic acids is 1. The molecule has 1 unspecified atom stereocenters. The highest BCUT2D eigenvalue weighted by atomic mass is 32.1. The minimum absolute atomic E-state index is 0.0875. The molecule has 2 aromatic carbocycles. The molecule has 0 spiro atoms. The fraction of sp³-hybridized carbons (Fsp3) is 0.105. The Bertz CT molecular complexity index is 974. The molecule has 2 amide bonds. The number of thiocarbonyl (C=S) groups is 1. The summed E-state index contributed by atoms with van der Waals surface area (Å²) in [5, 5.41) is 11.2. The molecular formula is C19H14FN3O4S. The van der Waals surface area contributed by atoms with Gasteiger partial charge in [0.2, 0.25) is 5.91 Å². The van der Waals surface area contributed by atoms with Gasteiger partial charge in [-0.1, -0.05) is 12.1 Å². The number of hydrogen-bond acceptors (Lipinski definition) is 5. The first kappa shape index (κ1) is 19.3. The highest BCUT2D eigenvalue weighted by Crippen LogP contribution is 2.20. The average molecular weight is 399 g/mol. The van der Waals surface area contributed by atoms with E-state index in [1.54, 1.807) is 12.1 Å². The Hall–Kier alpha value is -3.46. The van der Waals surface area contributed by atoms with Crippen LogP contribution in [0.2, 0.25) is 0 Å². The molecule has 1 fully saturated rings. The van der Waals surface area contributed by atoms with Crippen molar-refractivity contribution in [3.63, 3.8) is 0 Å². The van der Waals surface area contributed by atoms with E-state index in [4.69, 9.17) is 17.3 Å². The van der Waals surface area contributed by atoms with E-state index in [2.05, 4.69) is 10.3 Å². The van der Waals surface area contributed by atoms with E-state index in [1.165, 1.54) is 42.6 Å². The lowest BCUT2D eigenvalue weighted by molar-refractivity contribution is -0.130. The third-order valence-electron chi connectivity index (χ3n) is 4.02. The predicted octanol–water partition coefficient (Wildman–Crippen LogP) is 2.16. The number of aliphatic imine (C=N–C) groups is 1. The van der Waals surface area contributed by atoms with Gasteiger partial charge < -0.3 is 10.4 Å². The maximum atomic E-state index is 13.1. The number of nitrogens with one attached hydrogen (secondary N) is 1. The molecule has 1 saturated heterocycles. The van der Waals surface area contributed by atoms with Crippen LogP contribution in [-0.4, -0.2) is 34.2 Å². The van der Waals surface area contributed by atoms with E-state index < -0.39 is 29.5 Å². The highest BCUT2D eigenvalue weighted by molar-refractivity contribution is 7.80. The number of halogens is 1. The zero-order valence-corrected chi connectivity index (χ0v) is 15.1. The summed E-state index contributed by atoms with van der Waals surface area (Å²) in [7, 11) is 0. The number of nitrogens with zero attached hydrogens (tertiary/aromatic N) is 2. The lowest BCUT2D eigenvalue weighted by Gasteiger charge is -2.30. The zero-order chi connectivity index (χ0) is 20.3. The van der Waals surface area contributed by atoms with Gasteiger partial charge in [-0.15, -0.1) is 0 Å². The van der Waals surface area contributed by atoms with Crippen molar-refractivity contribution in [1.29, 1.82) is 0 Å². The molecule has 2 aromatic rings. The van der Waals surface area contributed by atoms with E-state index in [1.807, 2.05) is 0 Å². The van der Waals surface area contributed by atoms with Crippen molar-refractivity contribution in [2.45, 2.75) is 6.54 Å². The number of carbonyl (C=O) groups is 3. The fourth-order valence-corrected chi connectivity index (χ4v) is 2.87. The van der Waals surface area contributed by atoms with Gasteiger partial charge >= 0.3 is 5.97 Å². The molecule has 2 N–H and O–H groups in total. The van der Waals surface area contributed by atoms with Crippen LogP contribution in [0.25, 0.3) is 0 Å². The van der Waals surface area contributed by atoms with Crippen LogP contribution in [0.15, 0.2) is 53.5 Å². The second-order valence-corrected chi connectivity index (χ2v) is 6.30. The van der Waals surface area contributed by atoms with E-state index >= 15 is 0 Å². The van der Waals surface area contributed by atoms with Crippen LogP contribution >= 0.6 is 12.2 Å². The van der Waals surface area contributed by atoms with Crippen molar-refractivity contribution >= 4 is 47.0 Å². The largest absolute Gasteiger partial charge is 0.478 e. The summed E-state index contributed by atoms with van der Waals surface area (Å²) >= 11 is 5.06. The lowest BCUT2D eigenvalue weighted by Crippen LogP contribution is -2.58. The quantitative estimate of drug-likeness (QED) is 0.456. The highest BCUT2D eigenvalue weighted by Gasteiger charge is 2.38. The lowest BCUT2D eigenvalue weighted by atomic mass is 10.1. The molecule has 0 bridgehead atoms. The minimum Gasteiger partial charge on any atom is -0.478 e. The molecular weight excluding hydrogens is 385 g/mol. The number of amides is 2. The van der Waals surface area contributed by atoms with Crippen LogP contribution in [0.3, 0.4) is 0 Å². The van der Waals surface area contributed by atoms with Gasteiger partial charge in [0.05, 0.1) is 17.8 Å². The minimum atomic E-state index is -1.19. The molecule has 1 aliphatic heterocycles. The summed E-state index contributed by atoms with van der Waals surface area (Å²) < 4.78 is 13.1. The Morgan fingerprint density at radius 3 is 2.43 bits per heavy atom. The summed E-state index contributed by atoms with van der Waals surface area (Å²) in [4.78, 5) is 41.0. The Morgan fingerprint density at radius 1 is 1.18 bits per heavy atom. The molecule has 1 atom stereocenters. The molecule has 142 valence electrons. The van der Waals surface area contributed by atoms with Gasteiger partial charge in [-0.3, -0.25) is 19.5 Å². The molecule has 28 heavy (non-hydrogen) atoms. The van der Waals surface area contributed by atoms with E-state index in [9.17, 15) is 18.8 Å². The molecule has 9 heteroatoms. The molecule has 1 heterocycles. The normalized spacial score (nSPS) is 17.1. The summed E-state index contributed by atoms with van der Waals surface area (Å²) in [6.45, 7) is 0.165. The van der Waals surface area contributed by atoms with Crippen molar-refractivity contribution < 1.29 is 23.9 Å². The molecule has 3 rings (SSSR count). The number of carboxylic acid groups (broad SMARTS) is 1. The SMILES string of the molecule is O=C(O)c1ccc(CN=CC2C(=O)NC(=S)N(c3ccc(F)cc3)C2=O)cc1. The second-order valence-electron chi connectivity index (χ2n) is 5.91. The second kappa shape index (κ2) is 8.05. The molecule has 0 aliphatic carbocycles. The van der Waals surface area contributed by atoms with Crippen molar-refractivity contribution in [2.75, 3.05) is 4.90 Å². The summed E-state index contributed by atoms with van der Waals surface area (Å²) in [5.41, 5.74) is 1.20. The number of benzene rings is 2. The van der Waals surface area contributed by atoms with Crippen LogP contribution in [-0.2, 0) is 16.1 Å². The van der Waals surface area contributed by atoms with Gasteiger partial charge in [0.1, 0.15) is 5.82 Å². The maximum Gasteiger partial charge on any atom is 0.335 e. The van der Waals surface area contributed by atoms with Crippen molar-refractivity contribution in [3.05, 3.63) is 65.5 Å². The maximum absolute atomic E-state index is 13.1. The van der Waals surface area contributed by atoms with Gasteiger partial charge in [-0.25, -0.2) is 9.18 Å². The van der Waals surface area contributed by atoms with E-state index in [-0.39, 0.29) is 17.2 Å². The Kier molecular flexibility index (Phi) is 5.55. The molecule has 7 nitrogen and oxygen atoms in total. The molecule has 0 saturated carbocycles. The third kappa shape index (κ3) is 4.09. The number of anilines is 1. The van der Waals surface area contributed by atoms with Gasteiger partial charge in [-0.05, 0) is 54.2 Å². The monoisotopic (exact) mass is 399 g/mol. The molecule has 0 radical (unpaired) electrons.